The van der Waals surface area contributed by atoms with Crippen LogP contribution in [0.3, 0.4) is 0 Å². The molecule has 0 aliphatic carbocycles. The van der Waals surface area contributed by atoms with E-state index in [1.165, 1.54) is 6.92 Å². The van der Waals surface area contributed by atoms with Gasteiger partial charge in [-0.15, -0.1) is 12.6 Å². The third kappa shape index (κ3) is 2.94. The van der Waals surface area contributed by atoms with E-state index in [9.17, 15) is 9.18 Å². The van der Waals surface area contributed by atoms with E-state index in [0.29, 0.717) is 0 Å². The van der Waals surface area contributed by atoms with Gasteiger partial charge < -0.3 is 15.6 Å². The maximum absolute atomic E-state index is 13.1. The first-order valence-electron chi connectivity index (χ1n) is 4.44. The smallest absolute Gasteiger partial charge is 0.351 e. The lowest BCUT2D eigenvalue weighted by atomic mass is 10.5. The molecule has 0 amide bonds. The Morgan fingerprint density at radius 1 is 1.81 bits per heavy atom. The molecule has 1 aromatic rings. The Labute approximate surface area is 96.3 Å². The molecule has 0 aliphatic rings. The molecule has 6 nitrogen and oxygen atoms in total. The first-order chi connectivity index (χ1) is 7.45. The topological polar surface area (TPSA) is 90.4 Å². The lowest BCUT2D eigenvalue weighted by Crippen LogP contribution is -2.30. The van der Waals surface area contributed by atoms with E-state index >= 15 is 0 Å². The number of nitrogen functional groups attached to an aromatic ring is 1. The van der Waals surface area contributed by atoms with Crippen LogP contribution in [0, 0.1) is 5.82 Å². The average Bonchev–Trinajstić information content (AvgIpc) is 2.23. The SMILES string of the molecule is C[C@@H](OC(S)CO)n1cc(F)c(N)nc1=O. The van der Waals surface area contributed by atoms with Crippen molar-refractivity contribution in [2.75, 3.05) is 12.3 Å². The van der Waals surface area contributed by atoms with Gasteiger partial charge in [0, 0.05) is 0 Å². The molecule has 1 unspecified atom stereocenters. The van der Waals surface area contributed by atoms with E-state index in [4.69, 9.17) is 15.6 Å². The second-order valence-electron chi connectivity index (χ2n) is 3.04. The number of nitrogens with zero attached hydrogens (tertiary/aromatic N) is 2. The summed E-state index contributed by atoms with van der Waals surface area (Å²) in [6, 6.07) is 0. The standard InChI is InChI=1S/C8H12FN3O3S/c1-4(15-6(16)3-13)12-2-5(9)7(10)11-8(12)14/h2,4,6,13,16H,3H2,1H3,(H2,10,11,14)/t4-,6?/m1/s1. The van der Waals surface area contributed by atoms with E-state index in [-0.39, 0.29) is 6.61 Å². The van der Waals surface area contributed by atoms with Gasteiger partial charge in [0.25, 0.3) is 0 Å². The molecule has 0 saturated carbocycles. The van der Waals surface area contributed by atoms with Crippen LogP contribution in [-0.2, 0) is 4.74 Å². The van der Waals surface area contributed by atoms with Crippen LogP contribution in [0.2, 0.25) is 0 Å². The van der Waals surface area contributed by atoms with Crippen LogP contribution in [-0.4, -0.2) is 26.7 Å². The van der Waals surface area contributed by atoms with E-state index in [2.05, 4.69) is 17.6 Å². The zero-order valence-corrected chi connectivity index (χ0v) is 9.39. The molecule has 3 N–H and O–H groups in total. The number of hydrogen-bond acceptors (Lipinski definition) is 6. The number of rotatable bonds is 4. The Bertz CT molecular complexity index is 425. The summed E-state index contributed by atoms with van der Waals surface area (Å²) in [5.74, 6) is -1.27. The molecule has 0 fully saturated rings. The predicted molar refractivity (Wildman–Crippen MR) is 58.5 cm³/mol. The van der Waals surface area contributed by atoms with Gasteiger partial charge in [0.1, 0.15) is 11.7 Å². The lowest BCUT2D eigenvalue weighted by molar-refractivity contribution is -0.0237. The molecule has 90 valence electrons. The summed E-state index contributed by atoms with van der Waals surface area (Å²) < 4.78 is 19.1. The minimum atomic E-state index is -0.810. The third-order valence-electron chi connectivity index (χ3n) is 1.84. The Hall–Kier alpha value is -1.12. The highest BCUT2D eigenvalue weighted by molar-refractivity contribution is 7.80. The molecule has 0 aromatic carbocycles. The van der Waals surface area contributed by atoms with Gasteiger partial charge in [0.05, 0.1) is 12.8 Å². The number of aromatic nitrogens is 2. The minimum absolute atomic E-state index is 0.326. The van der Waals surface area contributed by atoms with Crippen LogP contribution < -0.4 is 11.4 Å². The van der Waals surface area contributed by atoms with Crippen molar-refractivity contribution < 1.29 is 14.2 Å². The van der Waals surface area contributed by atoms with Crippen LogP contribution in [0.15, 0.2) is 11.0 Å². The number of aliphatic hydroxyl groups is 1. The highest BCUT2D eigenvalue weighted by Gasteiger charge is 2.14. The summed E-state index contributed by atoms with van der Waals surface area (Å²) in [6.45, 7) is 1.17. The molecule has 0 saturated heterocycles. The summed E-state index contributed by atoms with van der Waals surface area (Å²) in [6.07, 6.45) is 0.0949. The second kappa shape index (κ2) is 5.28. The molecule has 1 heterocycles. The highest BCUT2D eigenvalue weighted by Crippen LogP contribution is 2.12. The number of thiol groups is 1. The number of nitrogens with two attached hydrogens (primary N) is 1. The Kier molecular flexibility index (Phi) is 4.27. The van der Waals surface area contributed by atoms with Crippen LogP contribution in [0.4, 0.5) is 10.2 Å². The van der Waals surface area contributed by atoms with E-state index in [1.54, 1.807) is 0 Å². The van der Waals surface area contributed by atoms with Crippen LogP contribution in [0.1, 0.15) is 13.2 Å². The fourth-order valence-electron chi connectivity index (χ4n) is 1.05. The monoisotopic (exact) mass is 249 g/mol. The number of ether oxygens (including phenoxy) is 1. The molecule has 8 heteroatoms. The van der Waals surface area contributed by atoms with Gasteiger partial charge in [0.15, 0.2) is 11.6 Å². The number of halogens is 1. The highest BCUT2D eigenvalue weighted by atomic mass is 32.1. The van der Waals surface area contributed by atoms with Gasteiger partial charge in [-0.1, -0.05) is 0 Å². The molecule has 0 bridgehead atoms. The van der Waals surface area contributed by atoms with E-state index in [0.717, 1.165) is 10.8 Å². The van der Waals surface area contributed by atoms with Crippen molar-refractivity contribution >= 4 is 18.4 Å². The Morgan fingerprint density at radius 2 is 2.44 bits per heavy atom. The minimum Gasteiger partial charge on any atom is -0.393 e. The fourth-order valence-corrected chi connectivity index (χ4v) is 1.23. The molecular weight excluding hydrogens is 237 g/mol. The normalized spacial score (nSPS) is 14.8. The van der Waals surface area contributed by atoms with Crippen molar-refractivity contribution in [3.63, 3.8) is 0 Å². The predicted octanol–water partition coefficient (Wildman–Crippen LogP) is -0.252. The van der Waals surface area contributed by atoms with Gasteiger partial charge in [-0.3, -0.25) is 4.57 Å². The van der Waals surface area contributed by atoms with Crippen molar-refractivity contribution in [3.8, 4) is 0 Å². The van der Waals surface area contributed by atoms with Gasteiger partial charge in [0.2, 0.25) is 0 Å². The maximum atomic E-state index is 13.1. The summed E-state index contributed by atoms with van der Waals surface area (Å²) in [5.41, 5.74) is 3.63. The zero-order valence-electron chi connectivity index (χ0n) is 8.50. The molecule has 0 aliphatic heterocycles. The zero-order chi connectivity index (χ0) is 12.3. The van der Waals surface area contributed by atoms with E-state index in [1.807, 2.05) is 0 Å². The van der Waals surface area contributed by atoms with Crippen LogP contribution in [0.5, 0.6) is 0 Å². The van der Waals surface area contributed by atoms with Crippen LogP contribution >= 0.6 is 12.6 Å². The first kappa shape index (κ1) is 12.9. The summed E-state index contributed by atoms with van der Waals surface area (Å²) in [4.78, 5) is 14.6. The van der Waals surface area contributed by atoms with Crippen LogP contribution in [0.25, 0.3) is 0 Å². The fraction of sp³-hybridized carbons (Fsp3) is 0.500. The molecule has 16 heavy (non-hydrogen) atoms. The maximum Gasteiger partial charge on any atom is 0.351 e. The van der Waals surface area contributed by atoms with Crippen molar-refractivity contribution in [1.82, 2.24) is 9.55 Å². The first-order valence-corrected chi connectivity index (χ1v) is 4.96. The molecule has 0 radical (unpaired) electrons. The van der Waals surface area contributed by atoms with Gasteiger partial charge in [-0.05, 0) is 6.92 Å². The summed E-state index contributed by atoms with van der Waals surface area (Å²) >= 11 is 3.87. The molecule has 1 rings (SSSR count). The van der Waals surface area contributed by atoms with Gasteiger partial charge in [-0.25, -0.2) is 9.18 Å². The number of hydrogen-bond donors (Lipinski definition) is 3. The summed E-state index contributed by atoms with van der Waals surface area (Å²) in [7, 11) is 0. The summed E-state index contributed by atoms with van der Waals surface area (Å²) in [5, 5.41) is 8.70. The van der Waals surface area contributed by atoms with E-state index < -0.39 is 29.0 Å². The van der Waals surface area contributed by atoms with Gasteiger partial charge in [-0.2, -0.15) is 4.98 Å². The van der Waals surface area contributed by atoms with Crippen molar-refractivity contribution in [2.24, 2.45) is 0 Å². The molecule has 0 spiro atoms. The van der Waals surface area contributed by atoms with Crippen molar-refractivity contribution in [3.05, 3.63) is 22.5 Å². The Morgan fingerprint density at radius 3 is 3.00 bits per heavy atom. The number of aliphatic hydroxyl groups excluding tert-OH is 1. The number of anilines is 1. The molecule has 2 atom stereocenters. The Balaban J connectivity index is 2.95. The lowest BCUT2D eigenvalue weighted by Gasteiger charge is -2.18. The van der Waals surface area contributed by atoms with Crippen molar-refractivity contribution in [2.45, 2.75) is 18.6 Å². The second-order valence-corrected chi connectivity index (χ2v) is 3.61. The van der Waals surface area contributed by atoms with Gasteiger partial charge >= 0.3 is 5.69 Å². The largest absolute Gasteiger partial charge is 0.393 e. The molecular formula is C8H12FN3O3S. The third-order valence-corrected chi connectivity index (χ3v) is 2.12. The van der Waals surface area contributed by atoms with Crippen molar-refractivity contribution in [1.29, 1.82) is 0 Å². The average molecular weight is 249 g/mol. The quantitative estimate of drug-likeness (QED) is 0.505. The molecule has 1 aromatic heterocycles.